The Morgan fingerprint density at radius 1 is 1.18 bits per heavy atom. The number of nitrogens with zero attached hydrogens (tertiary/aromatic N) is 6. The Morgan fingerprint density at radius 3 is 2.68 bits per heavy atom. The molecule has 1 atom stereocenters. The van der Waals surface area contributed by atoms with Gasteiger partial charge in [-0.05, 0) is 32.4 Å². The molecular formula is C18H22F2N6O2. The fraction of sp³-hybridized carbons (Fsp3) is 0.611. The van der Waals surface area contributed by atoms with Gasteiger partial charge in [-0.25, -0.2) is 8.78 Å². The highest BCUT2D eigenvalue weighted by atomic mass is 19.3. The van der Waals surface area contributed by atoms with E-state index in [1.54, 1.807) is 13.0 Å². The molecule has 1 spiro atoms. The smallest absolute Gasteiger partial charge is 0.258 e. The summed E-state index contributed by atoms with van der Waals surface area (Å²) in [5.41, 5.74) is -0.521. The largest absolute Gasteiger partial charge is 0.354 e. The van der Waals surface area contributed by atoms with E-state index in [2.05, 4.69) is 20.3 Å². The standard InChI is InChI=1S/C18H22F2N6O2/c1-12-3-4-14(23-22-12)25-7-5-17(10-25)11-26(8-6-18(17,19)20)16(27)9-15-21-13(2)24-28-15/h3-4H,5-11H2,1-2H3. The highest BCUT2D eigenvalue weighted by molar-refractivity contribution is 5.78. The molecule has 10 heteroatoms. The van der Waals surface area contributed by atoms with Crippen LogP contribution in [0.4, 0.5) is 14.6 Å². The number of piperidine rings is 1. The highest BCUT2D eigenvalue weighted by Crippen LogP contribution is 2.50. The minimum Gasteiger partial charge on any atom is -0.354 e. The van der Waals surface area contributed by atoms with Gasteiger partial charge in [0.15, 0.2) is 11.6 Å². The van der Waals surface area contributed by atoms with Crippen LogP contribution in [0.3, 0.4) is 0 Å². The van der Waals surface area contributed by atoms with Crippen molar-refractivity contribution >= 4 is 11.7 Å². The van der Waals surface area contributed by atoms with Crippen LogP contribution in [0, 0.1) is 19.3 Å². The topological polar surface area (TPSA) is 88.2 Å². The van der Waals surface area contributed by atoms with Gasteiger partial charge in [0.2, 0.25) is 11.8 Å². The lowest BCUT2D eigenvalue weighted by molar-refractivity contribution is -0.168. The maximum absolute atomic E-state index is 14.9. The summed E-state index contributed by atoms with van der Waals surface area (Å²) in [5.74, 6) is -1.89. The number of aryl methyl sites for hydroxylation is 2. The predicted molar refractivity (Wildman–Crippen MR) is 94.9 cm³/mol. The third-order valence-corrected chi connectivity index (χ3v) is 5.65. The minimum atomic E-state index is -2.85. The molecule has 2 saturated heterocycles. The van der Waals surface area contributed by atoms with E-state index in [9.17, 15) is 13.6 Å². The van der Waals surface area contributed by atoms with Crippen LogP contribution in [0.2, 0.25) is 0 Å². The van der Waals surface area contributed by atoms with E-state index in [-0.39, 0.29) is 44.3 Å². The van der Waals surface area contributed by atoms with Gasteiger partial charge in [-0.3, -0.25) is 4.79 Å². The molecule has 0 saturated carbocycles. The number of aromatic nitrogens is 4. The van der Waals surface area contributed by atoms with Gasteiger partial charge >= 0.3 is 0 Å². The molecule has 0 bridgehead atoms. The van der Waals surface area contributed by atoms with Gasteiger partial charge in [-0.1, -0.05) is 5.16 Å². The summed E-state index contributed by atoms with van der Waals surface area (Å²) in [5, 5.41) is 11.8. The second-order valence-electron chi connectivity index (χ2n) is 7.67. The molecule has 0 aliphatic carbocycles. The van der Waals surface area contributed by atoms with Gasteiger partial charge in [-0.15, -0.1) is 5.10 Å². The molecule has 2 aliphatic heterocycles. The van der Waals surface area contributed by atoms with E-state index < -0.39 is 11.3 Å². The van der Waals surface area contributed by atoms with Crippen molar-refractivity contribution in [1.82, 2.24) is 25.2 Å². The highest BCUT2D eigenvalue weighted by Gasteiger charge is 2.60. The Bertz CT molecular complexity index is 871. The molecule has 0 radical (unpaired) electrons. The Labute approximate surface area is 160 Å². The van der Waals surface area contributed by atoms with Crippen molar-refractivity contribution in [2.24, 2.45) is 5.41 Å². The van der Waals surface area contributed by atoms with Crippen molar-refractivity contribution < 1.29 is 18.1 Å². The fourth-order valence-electron chi connectivity index (χ4n) is 4.02. The number of halogens is 2. The number of carbonyl (C=O) groups excluding carboxylic acids is 1. The van der Waals surface area contributed by atoms with Crippen LogP contribution in [-0.2, 0) is 11.2 Å². The average molecular weight is 392 g/mol. The molecule has 150 valence electrons. The molecule has 2 aliphatic rings. The van der Waals surface area contributed by atoms with Gasteiger partial charge in [-0.2, -0.15) is 10.1 Å². The van der Waals surface area contributed by atoms with Crippen molar-refractivity contribution in [2.75, 3.05) is 31.1 Å². The quantitative estimate of drug-likeness (QED) is 0.787. The molecule has 1 unspecified atom stereocenters. The molecular weight excluding hydrogens is 370 g/mol. The predicted octanol–water partition coefficient (Wildman–Crippen LogP) is 1.78. The first-order valence-electron chi connectivity index (χ1n) is 9.28. The number of rotatable bonds is 3. The molecule has 4 heterocycles. The molecule has 0 aromatic carbocycles. The van der Waals surface area contributed by atoms with Gasteiger partial charge < -0.3 is 14.3 Å². The number of hydrogen-bond donors (Lipinski definition) is 0. The summed E-state index contributed by atoms with van der Waals surface area (Å²) in [6.45, 7) is 4.10. The van der Waals surface area contributed by atoms with Gasteiger partial charge in [0.25, 0.3) is 5.92 Å². The van der Waals surface area contributed by atoms with Crippen LogP contribution < -0.4 is 4.90 Å². The first kappa shape index (κ1) is 18.7. The normalized spacial score (nSPS) is 24.1. The van der Waals surface area contributed by atoms with Gasteiger partial charge in [0.1, 0.15) is 6.42 Å². The molecule has 0 N–H and O–H groups in total. The van der Waals surface area contributed by atoms with Gasteiger partial charge in [0, 0.05) is 32.6 Å². The molecule has 8 nitrogen and oxygen atoms in total. The van der Waals surface area contributed by atoms with Crippen LogP contribution in [0.1, 0.15) is 30.3 Å². The summed E-state index contributed by atoms with van der Waals surface area (Å²) < 4.78 is 34.9. The van der Waals surface area contributed by atoms with E-state index >= 15 is 0 Å². The van der Waals surface area contributed by atoms with Crippen molar-refractivity contribution in [1.29, 1.82) is 0 Å². The van der Waals surface area contributed by atoms with E-state index in [1.807, 2.05) is 17.9 Å². The van der Waals surface area contributed by atoms with Crippen LogP contribution in [-0.4, -0.2) is 63.2 Å². The Hall–Kier alpha value is -2.65. The fourth-order valence-corrected chi connectivity index (χ4v) is 4.02. The summed E-state index contributed by atoms with van der Waals surface area (Å²) in [6.07, 6.45) is -0.135. The summed E-state index contributed by atoms with van der Waals surface area (Å²) in [4.78, 5) is 20.0. The monoisotopic (exact) mass is 392 g/mol. The number of amides is 1. The Morgan fingerprint density at radius 2 is 2.00 bits per heavy atom. The lowest BCUT2D eigenvalue weighted by Gasteiger charge is -2.45. The number of anilines is 1. The summed E-state index contributed by atoms with van der Waals surface area (Å²) in [7, 11) is 0. The van der Waals surface area contributed by atoms with E-state index in [1.165, 1.54) is 4.90 Å². The minimum absolute atomic E-state index is 0.00173. The zero-order chi connectivity index (χ0) is 19.9. The van der Waals surface area contributed by atoms with E-state index in [4.69, 9.17) is 4.52 Å². The van der Waals surface area contributed by atoms with Crippen LogP contribution >= 0.6 is 0 Å². The number of carbonyl (C=O) groups is 1. The van der Waals surface area contributed by atoms with E-state index in [0.717, 1.165) is 5.69 Å². The van der Waals surface area contributed by atoms with Crippen LogP contribution in [0.25, 0.3) is 0 Å². The van der Waals surface area contributed by atoms with E-state index in [0.29, 0.717) is 24.6 Å². The number of hydrogen-bond acceptors (Lipinski definition) is 7. The number of alkyl halides is 2. The lowest BCUT2D eigenvalue weighted by Crippen LogP contribution is -2.58. The van der Waals surface area contributed by atoms with Gasteiger partial charge in [0.05, 0.1) is 11.1 Å². The van der Waals surface area contributed by atoms with Crippen LogP contribution in [0.5, 0.6) is 0 Å². The van der Waals surface area contributed by atoms with Crippen molar-refractivity contribution in [3.8, 4) is 0 Å². The summed E-state index contributed by atoms with van der Waals surface area (Å²) >= 11 is 0. The summed E-state index contributed by atoms with van der Waals surface area (Å²) in [6, 6.07) is 3.61. The average Bonchev–Trinajstić information content (AvgIpc) is 3.26. The Balaban J connectivity index is 1.50. The second-order valence-corrected chi connectivity index (χ2v) is 7.67. The zero-order valence-corrected chi connectivity index (χ0v) is 15.9. The Kier molecular flexibility index (Phi) is 4.51. The second kappa shape index (κ2) is 6.75. The van der Waals surface area contributed by atoms with Crippen molar-refractivity contribution in [3.63, 3.8) is 0 Å². The zero-order valence-electron chi connectivity index (χ0n) is 15.9. The maximum atomic E-state index is 14.9. The molecule has 1 amide bonds. The third kappa shape index (κ3) is 3.31. The van der Waals surface area contributed by atoms with Crippen molar-refractivity contribution in [3.05, 3.63) is 29.5 Å². The molecule has 4 rings (SSSR count). The molecule has 2 aromatic heterocycles. The number of likely N-dealkylation sites (tertiary alicyclic amines) is 1. The third-order valence-electron chi connectivity index (χ3n) is 5.65. The maximum Gasteiger partial charge on any atom is 0.258 e. The first-order chi connectivity index (χ1) is 13.3. The van der Waals surface area contributed by atoms with Crippen LogP contribution in [0.15, 0.2) is 16.7 Å². The van der Waals surface area contributed by atoms with Crippen molar-refractivity contribution in [2.45, 2.75) is 39.0 Å². The molecule has 28 heavy (non-hydrogen) atoms. The first-order valence-corrected chi connectivity index (χ1v) is 9.28. The molecule has 2 fully saturated rings. The SMILES string of the molecule is Cc1ccc(N2CCC3(CN(C(=O)Cc4nc(C)no4)CCC3(F)F)C2)nn1. The lowest BCUT2D eigenvalue weighted by atomic mass is 9.75. The molecule has 2 aromatic rings.